The van der Waals surface area contributed by atoms with Gasteiger partial charge in [0.1, 0.15) is 0 Å². The molecule has 3 aromatic heterocycles. The van der Waals surface area contributed by atoms with Crippen LogP contribution in [0.15, 0.2) is 11.4 Å². The first kappa shape index (κ1) is 37.8. The minimum absolute atomic E-state index is 0.0175. The summed E-state index contributed by atoms with van der Waals surface area (Å²) >= 11 is 0. The van der Waals surface area contributed by atoms with Crippen molar-refractivity contribution in [3.05, 3.63) is 78.2 Å². The molecule has 11 nitrogen and oxygen atoms in total. The number of fused-ring (bicyclic) bond motifs is 7. The smallest absolute Gasteiger partial charge is 0.303 e. The number of H-pyrrole nitrogens is 3. The summed E-state index contributed by atoms with van der Waals surface area (Å²) in [5.41, 5.74) is 12.7. The van der Waals surface area contributed by atoms with Gasteiger partial charge in [-0.3, -0.25) is 19.2 Å². The first-order valence-electron chi connectivity index (χ1n) is 19.1. The molecular weight excluding hydrogens is 670 g/mol. The van der Waals surface area contributed by atoms with E-state index in [2.05, 4.69) is 85.4 Å². The van der Waals surface area contributed by atoms with Crippen LogP contribution in [-0.4, -0.2) is 56.7 Å². The van der Waals surface area contributed by atoms with Gasteiger partial charge in [-0.1, -0.05) is 27.2 Å². The number of carbonyl (C=O) groups is 4. The Bertz CT molecular complexity index is 2160. The molecule has 5 heterocycles. The number of unbranched alkanes of at least 4 members (excludes halogenated alkanes) is 1. The second-order valence-corrected chi connectivity index (χ2v) is 14.8. The number of carbonyl (C=O) groups excluding carboxylic acids is 3. The molecule has 1 amide bonds. The second-order valence-electron chi connectivity index (χ2n) is 14.8. The molecule has 53 heavy (non-hydrogen) atoms. The number of nitrogens with one attached hydrogen (secondary N) is 5. The first-order chi connectivity index (χ1) is 25.3. The minimum Gasteiger partial charge on any atom is -0.481 e. The third-order valence-electron chi connectivity index (χ3n) is 11.4. The zero-order valence-electron chi connectivity index (χ0n) is 32.0. The number of amides is 1. The number of ketones is 2. The molecule has 6 rings (SSSR count). The molecule has 8 bridgehead atoms. The number of aliphatic carboxylic acids is 1. The average Bonchev–Trinajstić information content (AvgIpc) is 3.87. The zero-order chi connectivity index (χ0) is 38.1. The molecule has 282 valence electrons. The van der Waals surface area contributed by atoms with Crippen LogP contribution in [0.2, 0.25) is 0 Å². The monoisotopic (exact) mass is 723 g/mol. The summed E-state index contributed by atoms with van der Waals surface area (Å²) in [5, 5.41) is 17.3. The third kappa shape index (κ3) is 7.49. The molecule has 3 aliphatic rings. The van der Waals surface area contributed by atoms with Gasteiger partial charge in [0.05, 0.1) is 24.8 Å². The quantitative estimate of drug-likeness (QED) is 0.119. The van der Waals surface area contributed by atoms with E-state index in [1.165, 1.54) is 11.1 Å². The van der Waals surface area contributed by atoms with Crippen molar-refractivity contribution in [3.8, 4) is 0 Å². The number of aromatic amines is 3. The second kappa shape index (κ2) is 15.6. The summed E-state index contributed by atoms with van der Waals surface area (Å²) in [6.45, 7) is 15.3. The number of carboxylic acid groups (broad SMARTS) is 1. The maximum Gasteiger partial charge on any atom is 0.303 e. The number of aromatic nitrogens is 3. The van der Waals surface area contributed by atoms with E-state index in [1.54, 1.807) is 0 Å². The highest BCUT2D eigenvalue weighted by molar-refractivity contribution is 6.13. The van der Waals surface area contributed by atoms with Gasteiger partial charge in [-0.2, -0.15) is 0 Å². The first-order valence-corrected chi connectivity index (χ1v) is 19.1. The van der Waals surface area contributed by atoms with Crippen molar-refractivity contribution in [1.29, 1.82) is 0 Å². The predicted octanol–water partition coefficient (Wildman–Crippen LogP) is 5.53. The van der Waals surface area contributed by atoms with E-state index in [4.69, 9.17) is 9.84 Å². The Morgan fingerprint density at radius 2 is 1.68 bits per heavy atom. The van der Waals surface area contributed by atoms with Crippen LogP contribution >= 0.6 is 0 Å². The van der Waals surface area contributed by atoms with Crippen molar-refractivity contribution in [2.24, 2.45) is 11.8 Å². The van der Waals surface area contributed by atoms with Crippen LogP contribution in [0.3, 0.4) is 0 Å². The Morgan fingerprint density at radius 3 is 2.40 bits per heavy atom. The fourth-order valence-corrected chi connectivity index (χ4v) is 8.27. The number of hydrogen-bond acceptors (Lipinski definition) is 6. The van der Waals surface area contributed by atoms with Crippen molar-refractivity contribution < 1.29 is 29.0 Å². The van der Waals surface area contributed by atoms with Gasteiger partial charge in [-0.25, -0.2) is 0 Å². The number of carboxylic acids is 1. The van der Waals surface area contributed by atoms with Crippen LogP contribution in [0.25, 0.3) is 23.8 Å². The van der Waals surface area contributed by atoms with Crippen LogP contribution < -0.4 is 21.3 Å². The van der Waals surface area contributed by atoms with Crippen molar-refractivity contribution in [1.82, 2.24) is 25.6 Å². The van der Waals surface area contributed by atoms with Crippen LogP contribution in [0.1, 0.15) is 140 Å². The predicted molar refractivity (Wildman–Crippen MR) is 205 cm³/mol. The summed E-state index contributed by atoms with van der Waals surface area (Å²) in [6.07, 6.45) is 9.75. The fourth-order valence-electron chi connectivity index (χ4n) is 8.27. The van der Waals surface area contributed by atoms with Crippen molar-refractivity contribution >= 4 is 47.2 Å². The van der Waals surface area contributed by atoms with Gasteiger partial charge in [0, 0.05) is 93.6 Å². The van der Waals surface area contributed by atoms with Gasteiger partial charge in [-0.15, -0.1) is 0 Å². The summed E-state index contributed by atoms with van der Waals surface area (Å²) < 4.78 is 6.38. The highest BCUT2D eigenvalue weighted by Gasteiger charge is 2.40. The lowest BCUT2D eigenvalue weighted by molar-refractivity contribution is -0.138. The normalized spacial score (nSPS) is 18.0. The van der Waals surface area contributed by atoms with E-state index in [9.17, 15) is 19.2 Å². The zero-order valence-corrected chi connectivity index (χ0v) is 32.0. The third-order valence-corrected chi connectivity index (χ3v) is 11.4. The number of hydrogen-bond donors (Lipinski definition) is 6. The Labute approximate surface area is 310 Å². The molecule has 1 fully saturated rings. The van der Waals surface area contributed by atoms with Gasteiger partial charge < -0.3 is 35.4 Å². The summed E-state index contributed by atoms with van der Waals surface area (Å²) in [4.78, 5) is 60.8. The molecule has 1 unspecified atom stereocenters. The van der Waals surface area contributed by atoms with E-state index < -0.39 is 5.97 Å². The molecule has 1 aliphatic carbocycles. The Kier molecular flexibility index (Phi) is 11.1. The topological polar surface area (TPSA) is 169 Å². The van der Waals surface area contributed by atoms with E-state index in [0.717, 1.165) is 86.4 Å². The van der Waals surface area contributed by atoms with Gasteiger partial charge in [0.15, 0.2) is 11.6 Å². The lowest BCUT2D eigenvalue weighted by Gasteiger charge is -2.17. The van der Waals surface area contributed by atoms with E-state index in [-0.39, 0.29) is 67.6 Å². The molecule has 0 aromatic carbocycles. The van der Waals surface area contributed by atoms with E-state index >= 15 is 0 Å². The molecule has 3 atom stereocenters. The molecule has 1 saturated heterocycles. The average molecular weight is 724 g/mol. The Balaban J connectivity index is 1.47. The number of allylic oxidation sites excluding steroid dienone is 3. The van der Waals surface area contributed by atoms with Gasteiger partial charge >= 0.3 is 5.97 Å². The fraction of sp³-hybridized carbons (Fsp3) is 0.476. The van der Waals surface area contributed by atoms with Gasteiger partial charge in [0.25, 0.3) is 0 Å². The Morgan fingerprint density at radius 1 is 0.943 bits per heavy atom. The van der Waals surface area contributed by atoms with Crippen molar-refractivity contribution in [2.75, 3.05) is 13.2 Å². The number of rotatable bonds is 14. The van der Waals surface area contributed by atoms with E-state index in [0.29, 0.717) is 18.6 Å². The molecule has 0 radical (unpaired) electrons. The van der Waals surface area contributed by atoms with Crippen LogP contribution in [0, 0.1) is 32.6 Å². The number of Topliss-reactive ketones (excluding diaryl/α,β-unsaturated/α-hetero) is 2. The van der Waals surface area contributed by atoms with E-state index in [1.807, 2.05) is 6.92 Å². The summed E-state index contributed by atoms with van der Waals surface area (Å²) in [6, 6.07) is 0. The van der Waals surface area contributed by atoms with Crippen molar-refractivity contribution in [2.45, 2.75) is 106 Å². The largest absolute Gasteiger partial charge is 0.481 e. The highest BCUT2D eigenvalue weighted by Crippen LogP contribution is 2.45. The lowest BCUT2D eigenvalue weighted by Crippen LogP contribution is -2.30. The van der Waals surface area contributed by atoms with Crippen LogP contribution in [-0.2, 0) is 25.5 Å². The maximum atomic E-state index is 13.7. The molecule has 0 spiro atoms. The van der Waals surface area contributed by atoms with Gasteiger partial charge in [0.2, 0.25) is 5.91 Å². The van der Waals surface area contributed by atoms with Crippen molar-refractivity contribution in [3.63, 3.8) is 0 Å². The SMILES string of the molecule is CCCCOC(C)c1c2[nH]c(c1C)C=C1NC(=C3CC(=O)c4c3[nH]c(c4C)C=c3[nH]c(c(C)c3CC)=C2)[C@@H](CCC(=O)NCC(=O)CCC(=O)O)[C@@H]1C. The molecule has 11 heteroatoms. The highest BCUT2D eigenvalue weighted by atomic mass is 16.5. The molecule has 0 saturated carbocycles. The number of ether oxygens (including phenoxy) is 1. The van der Waals surface area contributed by atoms with Crippen LogP contribution in [0.5, 0.6) is 0 Å². The molecular formula is C42H53N5O6. The van der Waals surface area contributed by atoms with Crippen LogP contribution in [0.4, 0.5) is 0 Å². The lowest BCUT2D eigenvalue weighted by atomic mass is 9.86. The summed E-state index contributed by atoms with van der Waals surface area (Å²) in [5.74, 6) is -1.69. The summed E-state index contributed by atoms with van der Waals surface area (Å²) in [7, 11) is 0. The minimum atomic E-state index is -1.05. The maximum absolute atomic E-state index is 13.7. The molecule has 2 aliphatic heterocycles. The molecule has 6 N–H and O–H groups in total. The standard InChI is InChI=1S/C42H53N5O6/c1-8-10-15-53-25(7)39-23(5)32-17-31-22(4)28(12-13-37(50)43-20-26(48)11-14-38(51)52)41(46-31)29-16-36(49)40-24(6)33(47-42(29)40)18-34-27(9-2)21(3)30(44-34)19-35(39)45-32/h17-19,22,25,28,44-47H,8-16,20H2,1-7H3,(H,43,50)(H,51,52)/t22-,25?,28-/m0/s1. The van der Waals surface area contributed by atoms with Gasteiger partial charge in [-0.05, 0) is 87.4 Å². The Hall–Kier alpha value is -4.90. The molecule has 3 aromatic rings.